The van der Waals surface area contributed by atoms with Gasteiger partial charge in [0.25, 0.3) is 5.91 Å². The molecule has 0 atom stereocenters. The number of aromatic hydroxyl groups is 1. The number of phenols is 1. The molecule has 104 valence electrons. The van der Waals surface area contributed by atoms with E-state index in [2.05, 4.69) is 0 Å². The predicted octanol–water partition coefficient (Wildman–Crippen LogP) is 1.99. The van der Waals surface area contributed by atoms with E-state index in [-0.39, 0.29) is 22.6 Å². The monoisotopic (exact) mass is 281 g/mol. The lowest BCUT2D eigenvalue weighted by atomic mass is 10.1. The van der Waals surface area contributed by atoms with Crippen LogP contribution in [0.1, 0.15) is 15.9 Å². The highest BCUT2D eigenvalue weighted by Crippen LogP contribution is 2.29. The molecule has 3 amide bonds. The SMILES string of the molecule is N#Cc1ccc(N(C(N)=O)C(=O)c2ccccc2)c(O)c1. The zero-order valence-corrected chi connectivity index (χ0v) is 10.9. The molecule has 0 saturated carbocycles. The maximum absolute atomic E-state index is 12.3. The van der Waals surface area contributed by atoms with E-state index in [4.69, 9.17) is 11.0 Å². The Hall–Kier alpha value is -3.33. The maximum atomic E-state index is 12.3. The molecule has 2 rings (SSSR count). The zero-order chi connectivity index (χ0) is 15.4. The van der Waals surface area contributed by atoms with Crippen molar-refractivity contribution in [2.45, 2.75) is 0 Å². The fraction of sp³-hybridized carbons (Fsp3) is 0. The Morgan fingerprint density at radius 1 is 1.14 bits per heavy atom. The van der Waals surface area contributed by atoms with Gasteiger partial charge in [0, 0.05) is 5.56 Å². The Bertz CT molecular complexity index is 736. The first-order valence-corrected chi connectivity index (χ1v) is 5.96. The van der Waals surface area contributed by atoms with Crippen LogP contribution in [0.15, 0.2) is 48.5 Å². The van der Waals surface area contributed by atoms with Gasteiger partial charge < -0.3 is 10.8 Å². The molecule has 6 nitrogen and oxygen atoms in total. The van der Waals surface area contributed by atoms with Crippen LogP contribution in [0, 0.1) is 11.3 Å². The van der Waals surface area contributed by atoms with Crippen molar-refractivity contribution in [2.75, 3.05) is 4.90 Å². The van der Waals surface area contributed by atoms with E-state index in [1.807, 2.05) is 6.07 Å². The number of anilines is 1. The van der Waals surface area contributed by atoms with Gasteiger partial charge in [-0.1, -0.05) is 18.2 Å². The van der Waals surface area contributed by atoms with Crippen molar-refractivity contribution in [3.05, 3.63) is 59.7 Å². The lowest BCUT2D eigenvalue weighted by Crippen LogP contribution is -2.40. The highest BCUT2D eigenvalue weighted by molar-refractivity contribution is 6.20. The number of urea groups is 1. The van der Waals surface area contributed by atoms with Gasteiger partial charge in [0.2, 0.25) is 0 Å². The van der Waals surface area contributed by atoms with E-state index in [0.29, 0.717) is 4.90 Å². The summed E-state index contributed by atoms with van der Waals surface area (Å²) in [5.74, 6) is -1.04. The minimum absolute atomic E-state index is 0.0737. The molecule has 0 radical (unpaired) electrons. The first-order valence-electron chi connectivity index (χ1n) is 5.96. The number of primary amides is 1. The number of nitrogens with two attached hydrogens (primary N) is 1. The number of carbonyl (C=O) groups is 2. The number of benzene rings is 2. The summed E-state index contributed by atoms with van der Waals surface area (Å²) in [4.78, 5) is 24.6. The molecule has 21 heavy (non-hydrogen) atoms. The highest BCUT2D eigenvalue weighted by atomic mass is 16.3. The van der Waals surface area contributed by atoms with Crippen LogP contribution < -0.4 is 10.6 Å². The smallest absolute Gasteiger partial charge is 0.326 e. The average Bonchev–Trinajstić information content (AvgIpc) is 2.49. The zero-order valence-electron chi connectivity index (χ0n) is 10.9. The van der Waals surface area contributed by atoms with Crippen LogP contribution >= 0.6 is 0 Å². The standard InChI is InChI=1S/C15H11N3O3/c16-9-10-6-7-12(13(19)8-10)18(15(17)21)14(20)11-4-2-1-3-5-11/h1-8,19H,(H2,17,21). The van der Waals surface area contributed by atoms with Crippen molar-refractivity contribution < 1.29 is 14.7 Å². The number of carbonyl (C=O) groups excluding carboxylic acids is 2. The van der Waals surface area contributed by atoms with E-state index in [1.54, 1.807) is 18.2 Å². The number of hydrogen-bond donors (Lipinski definition) is 2. The minimum Gasteiger partial charge on any atom is -0.506 e. The molecule has 0 saturated heterocycles. The van der Waals surface area contributed by atoms with Gasteiger partial charge in [-0.25, -0.2) is 9.69 Å². The lowest BCUT2D eigenvalue weighted by molar-refractivity contribution is 0.0994. The number of phenolic OH excluding ortho intramolecular Hbond substituents is 1. The normalized spacial score (nSPS) is 9.67. The molecule has 0 bridgehead atoms. The molecule has 0 unspecified atom stereocenters. The van der Waals surface area contributed by atoms with Crippen molar-refractivity contribution in [2.24, 2.45) is 5.73 Å². The largest absolute Gasteiger partial charge is 0.506 e. The quantitative estimate of drug-likeness (QED) is 0.877. The van der Waals surface area contributed by atoms with E-state index in [0.717, 1.165) is 6.07 Å². The number of amides is 3. The third-order valence-electron chi connectivity index (χ3n) is 2.79. The fourth-order valence-corrected chi connectivity index (χ4v) is 1.82. The summed E-state index contributed by atoms with van der Waals surface area (Å²) in [6.45, 7) is 0. The molecule has 6 heteroatoms. The van der Waals surface area contributed by atoms with E-state index in [1.165, 1.54) is 24.3 Å². The van der Waals surface area contributed by atoms with Crippen molar-refractivity contribution in [1.82, 2.24) is 0 Å². The Morgan fingerprint density at radius 3 is 2.33 bits per heavy atom. The van der Waals surface area contributed by atoms with Crippen LogP contribution in [0.3, 0.4) is 0 Å². The summed E-state index contributed by atoms with van der Waals surface area (Å²) < 4.78 is 0. The van der Waals surface area contributed by atoms with Gasteiger partial charge in [0.05, 0.1) is 17.3 Å². The third-order valence-corrected chi connectivity index (χ3v) is 2.79. The van der Waals surface area contributed by atoms with Gasteiger partial charge in [-0.15, -0.1) is 0 Å². The Labute approximate surface area is 120 Å². The number of imide groups is 1. The Kier molecular flexibility index (Phi) is 3.86. The predicted molar refractivity (Wildman–Crippen MR) is 75.7 cm³/mol. The number of hydrogen-bond acceptors (Lipinski definition) is 4. The van der Waals surface area contributed by atoms with E-state index >= 15 is 0 Å². The van der Waals surface area contributed by atoms with Crippen molar-refractivity contribution in [1.29, 1.82) is 5.26 Å². The summed E-state index contributed by atoms with van der Waals surface area (Å²) in [5.41, 5.74) is 5.61. The average molecular weight is 281 g/mol. The van der Waals surface area contributed by atoms with Crippen LogP contribution in [-0.4, -0.2) is 17.0 Å². The number of nitrogens with zero attached hydrogens (tertiary/aromatic N) is 2. The summed E-state index contributed by atoms with van der Waals surface area (Å²) in [7, 11) is 0. The fourth-order valence-electron chi connectivity index (χ4n) is 1.82. The maximum Gasteiger partial charge on any atom is 0.326 e. The van der Waals surface area contributed by atoms with Crippen LogP contribution in [0.25, 0.3) is 0 Å². The molecule has 2 aromatic carbocycles. The molecule has 0 fully saturated rings. The first kappa shape index (κ1) is 14.1. The first-order chi connectivity index (χ1) is 10.0. The summed E-state index contributed by atoms with van der Waals surface area (Å²) in [6, 6.07) is 12.7. The third kappa shape index (κ3) is 2.82. The lowest BCUT2D eigenvalue weighted by Gasteiger charge is -2.19. The molecule has 0 heterocycles. The van der Waals surface area contributed by atoms with Crippen molar-refractivity contribution in [3.63, 3.8) is 0 Å². The van der Waals surface area contributed by atoms with Crippen molar-refractivity contribution >= 4 is 17.6 Å². The molecule has 3 N–H and O–H groups in total. The Balaban J connectivity index is 2.48. The summed E-state index contributed by atoms with van der Waals surface area (Å²) in [5, 5.41) is 18.6. The molecule has 0 aliphatic heterocycles. The van der Waals surface area contributed by atoms with Crippen LogP contribution in [0.5, 0.6) is 5.75 Å². The van der Waals surface area contributed by atoms with Gasteiger partial charge in [-0.2, -0.15) is 5.26 Å². The molecule has 0 aromatic heterocycles. The van der Waals surface area contributed by atoms with Crippen LogP contribution in [-0.2, 0) is 0 Å². The van der Waals surface area contributed by atoms with Gasteiger partial charge in [-0.05, 0) is 30.3 Å². The van der Waals surface area contributed by atoms with E-state index in [9.17, 15) is 14.7 Å². The van der Waals surface area contributed by atoms with Crippen LogP contribution in [0.2, 0.25) is 0 Å². The molecule has 0 spiro atoms. The second kappa shape index (κ2) is 5.75. The second-order valence-corrected chi connectivity index (χ2v) is 4.16. The van der Waals surface area contributed by atoms with Gasteiger partial charge in [0.15, 0.2) is 0 Å². The second-order valence-electron chi connectivity index (χ2n) is 4.16. The van der Waals surface area contributed by atoms with Crippen LogP contribution in [0.4, 0.5) is 10.5 Å². The molecular formula is C15H11N3O3. The highest BCUT2D eigenvalue weighted by Gasteiger charge is 2.25. The molecule has 2 aromatic rings. The summed E-state index contributed by atoms with van der Waals surface area (Å²) >= 11 is 0. The molecule has 0 aliphatic carbocycles. The molecule has 0 aliphatic rings. The number of nitriles is 1. The van der Waals surface area contributed by atoms with Gasteiger partial charge in [0.1, 0.15) is 5.75 Å². The number of rotatable bonds is 2. The van der Waals surface area contributed by atoms with Gasteiger partial charge in [-0.3, -0.25) is 4.79 Å². The van der Waals surface area contributed by atoms with Crippen molar-refractivity contribution in [3.8, 4) is 11.8 Å². The minimum atomic E-state index is -1.02. The Morgan fingerprint density at radius 2 is 1.81 bits per heavy atom. The molecular weight excluding hydrogens is 270 g/mol. The topological polar surface area (TPSA) is 107 Å². The van der Waals surface area contributed by atoms with Gasteiger partial charge >= 0.3 is 6.03 Å². The van der Waals surface area contributed by atoms with E-state index < -0.39 is 11.9 Å². The summed E-state index contributed by atoms with van der Waals surface area (Å²) in [6.07, 6.45) is 0.